The number of aryl methyl sites for hydroxylation is 2. The zero-order chi connectivity index (χ0) is 15.8. The maximum Gasteiger partial charge on any atom is 0.257 e. The molecular formula is C17H23N5O. The molecule has 23 heavy (non-hydrogen) atoms. The van der Waals surface area contributed by atoms with Crippen molar-refractivity contribution in [2.45, 2.75) is 44.7 Å². The van der Waals surface area contributed by atoms with Crippen LogP contribution in [0.1, 0.15) is 54.3 Å². The van der Waals surface area contributed by atoms with Crippen LogP contribution in [0.5, 0.6) is 0 Å². The summed E-state index contributed by atoms with van der Waals surface area (Å²) in [6.45, 7) is 1.73. The first-order valence-electron chi connectivity index (χ1n) is 8.54. The molecule has 0 saturated heterocycles. The number of amides is 1. The Kier molecular flexibility index (Phi) is 3.67. The second-order valence-corrected chi connectivity index (χ2v) is 6.72. The Balaban J connectivity index is 1.72. The van der Waals surface area contributed by atoms with Gasteiger partial charge >= 0.3 is 0 Å². The average molecular weight is 313 g/mol. The summed E-state index contributed by atoms with van der Waals surface area (Å²) >= 11 is 0. The number of fused-ring (bicyclic) bond motifs is 1. The van der Waals surface area contributed by atoms with Crippen molar-refractivity contribution < 1.29 is 4.79 Å². The van der Waals surface area contributed by atoms with Gasteiger partial charge in [-0.25, -0.2) is 4.98 Å². The quantitative estimate of drug-likeness (QED) is 0.855. The maximum atomic E-state index is 13.1. The molecule has 2 aromatic rings. The van der Waals surface area contributed by atoms with Crippen LogP contribution in [0.25, 0.3) is 0 Å². The van der Waals surface area contributed by atoms with Gasteiger partial charge in [-0.2, -0.15) is 5.10 Å². The van der Waals surface area contributed by atoms with Gasteiger partial charge in [0, 0.05) is 38.7 Å². The third-order valence-electron chi connectivity index (χ3n) is 5.21. The lowest BCUT2D eigenvalue weighted by Crippen LogP contribution is -2.38. The predicted octanol–water partition coefficient (Wildman–Crippen LogP) is 2.39. The molecule has 0 bridgehead atoms. The Hall–Kier alpha value is -2.11. The standard InChI is InChI=1S/C17H23N5O/c1-20-12-14(11-19-20)17(23)22-9-4-8-21-10-7-18-16(21)15(22)13-5-2-3-6-13/h7,10-13,15H,2-6,8-9H2,1H3. The molecule has 0 spiro atoms. The van der Waals surface area contributed by atoms with Crippen LogP contribution in [0.2, 0.25) is 0 Å². The molecule has 2 aromatic heterocycles. The molecule has 0 aromatic carbocycles. The molecule has 6 nitrogen and oxygen atoms in total. The Labute approximate surface area is 136 Å². The van der Waals surface area contributed by atoms with Crippen molar-refractivity contribution in [3.05, 3.63) is 36.2 Å². The summed E-state index contributed by atoms with van der Waals surface area (Å²) in [5.74, 6) is 1.67. The minimum absolute atomic E-state index is 0.0893. The topological polar surface area (TPSA) is 56.0 Å². The highest BCUT2D eigenvalue weighted by molar-refractivity contribution is 5.94. The van der Waals surface area contributed by atoms with E-state index in [1.54, 1.807) is 10.9 Å². The summed E-state index contributed by atoms with van der Waals surface area (Å²) in [7, 11) is 1.85. The van der Waals surface area contributed by atoms with Crippen molar-refractivity contribution >= 4 is 5.91 Å². The number of carbonyl (C=O) groups excluding carboxylic acids is 1. The number of carbonyl (C=O) groups is 1. The van der Waals surface area contributed by atoms with E-state index >= 15 is 0 Å². The van der Waals surface area contributed by atoms with Crippen LogP contribution in [0.15, 0.2) is 24.8 Å². The zero-order valence-corrected chi connectivity index (χ0v) is 13.6. The van der Waals surface area contributed by atoms with Crippen LogP contribution < -0.4 is 0 Å². The fourth-order valence-electron chi connectivity index (χ4n) is 4.13. The van der Waals surface area contributed by atoms with Crippen LogP contribution in [-0.2, 0) is 13.6 Å². The van der Waals surface area contributed by atoms with Crippen molar-refractivity contribution in [3.8, 4) is 0 Å². The van der Waals surface area contributed by atoms with Crippen LogP contribution in [0.4, 0.5) is 0 Å². The smallest absolute Gasteiger partial charge is 0.257 e. The van der Waals surface area contributed by atoms with E-state index in [0.29, 0.717) is 11.5 Å². The van der Waals surface area contributed by atoms with Crippen molar-refractivity contribution in [2.24, 2.45) is 13.0 Å². The predicted molar refractivity (Wildman–Crippen MR) is 85.8 cm³/mol. The summed E-state index contributed by atoms with van der Waals surface area (Å²) < 4.78 is 3.93. The lowest BCUT2D eigenvalue weighted by molar-refractivity contribution is 0.0603. The molecule has 1 saturated carbocycles. The van der Waals surface area contributed by atoms with Crippen LogP contribution in [0, 0.1) is 5.92 Å². The normalized spacial score (nSPS) is 22.1. The Morgan fingerprint density at radius 1 is 1.22 bits per heavy atom. The van der Waals surface area contributed by atoms with Gasteiger partial charge in [0.1, 0.15) is 5.82 Å². The van der Waals surface area contributed by atoms with Gasteiger partial charge < -0.3 is 9.47 Å². The molecule has 6 heteroatoms. The molecule has 1 aliphatic heterocycles. The van der Waals surface area contributed by atoms with Gasteiger partial charge in [0.05, 0.1) is 17.8 Å². The van der Waals surface area contributed by atoms with Crippen LogP contribution in [0.3, 0.4) is 0 Å². The van der Waals surface area contributed by atoms with Crippen LogP contribution in [-0.4, -0.2) is 36.7 Å². The molecule has 2 aliphatic rings. The van der Waals surface area contributed by atoms with Gasteiger partial charge in [-0.05, 0) is 25.2 Å². The Bertz CT molecular complexity index is 697. The van der Waals surface area contributed by atoms with Crippen molar-refractivity contribution in [1.29, 1.82) is 0 Å². The van der Waals surface area contributed by atoms with E-state index in [1.807, 2.05) is 19.4 Å². The van der Waals surface area contributed by atoms with E-state index in [2.05, 4.69) is 25.7 Å². The lowest BCUT2D eigenvalue weighted by Gasteiger charge is -2.33. The first-order chi connectivity index (χ1) is 11.2. The van der Waals surface area contributed by atoms with E-state index in [0.717, 1.165) is 25.3 Å². The second-order valence-electron chi connectivity index (χ2n) is 6.72. The van der Waals surface area contributed by atoms with Gasteiger partial charge in [-0.1, -0.05) is 12.8 Å². The van der Waals surface area contributed by atoms with E-state index in [-0.39, 0.29) is 11.9 Å². The number of nitrogens with zero attached hydrogens (tertiary/aromatic N) is 5. The van der Waals surface area contributed by atoms with E-state index < -0.39 is 0 Å². The summed E-state index contributed by atoms with van der Waals surface area (Å²) in [6.07, 6.45) is 13.3. The highest BCUT2D eigenvalue weighted by Crippen LogP contribution is 2.40. The monoisotopic (exact) mass is 313 g/mol. The molecule has 1 fully saturated rings. The Morgan fingerprint density at radius 3 is 2.78 bits per heavy atom. The number of aromatic nitrogens is 4. The highest BCUT2D eigenvalue weighted by Gasteiger charge is 2.38. The molecule has 0 radical (unpaired) electrons. The SMILES string of the molecule is Cn1cc(C(=O)N2CCCn3ccnc3C2C2CCCC2)cn1. The lowest BCUT2D eigenvalue weighted by atomic mass is 9.95. The molecule has 1 atom stereocenters. The average Bonchev–Trinajstić information content (AvgIpc) is 3.27. The molecule has 122 valence electrons. The van der Waals surface area contributed by atoms with Crippen molar-refractivity contribution in [1.82, 2.24) is 24.2 Å². The van der Waals surface area contributed by atoms with Gasteiger partial charge in [0.15, 0.2) is 0 Å². The molecule has 0 N–H and O–H groups in total. The summed E-state index contributed by atoms with van der Waals surface area (Å²) in [5, 5.41) is 4.16. The third-order valence-corrected chi connectivity index (χ3v) is 5.21. The zero-order valence-electron chi connectivity index (χ0n) is 13.6. The Morgan fingerprint density at radius 2 is 2.04 bits per heavy atom. The van der Waals surface area contributed by atoms with Gasteiger partial charge in [-0.3, -0.25) is 9.48 Å². The number of imidazole rings is 1. The van der Waals surface area contributed by atoms with E-state index in [9.17, 15) is 4.79 Å². The van der Waals surface area contributed by atoms with Gasteiger partial charge in [0.25, 0.3) is 5.91 Å². The molecular weight excluding hydrogens is 290 g/mol. The minimum atomic E-state index is 0.0893. The number of hydrogen-bond acceptors (Lipinski definition) is 3. The van der Waals surface area contributed by atoms with E-state index in [1.165, 1.54) is 25.7 Å². The third kappa shape index (κ3) is 2.56. The molecule has 3 heterocycles. The fourth-order valence-corrected chi connectivity index (χ4v) is 4.13. The van der Waals surface area contributed by atoms with Crippen LogP contribution >= 0.6 is 0 Å². The molecule has 1 amide bonds. The first-order valence-corrected chi connectivity index (χ1v) is 8.54. The summed E-state index contributed by atoms with van der Waals surface area (Å²) in [6, 6.07) is 0.0997. The molecule has 1 unspecified atom stereocenters. The molecule has 4 rings (SSSR count). The maximum absolute atomic E-state index is 13.1. The minimum Gasteiger partial charge on any atom is -0.333 e. The number of hydrogen-bond donors (Lipinski definition) is 0. The van der Waals surface area contributed by atoms with E-state index in [4.69, 9.17) is 0 Å². The summed E-state index contributed by atoms with van der Waals surface area (Å²) in [5.41, 5.74) is 0.676. The van der Waals surface area contributed by atoms with Crippen molar-refractivity contribution in [2.75, 3.05) is 6.54 Å². The van der Waals surface area contributed by atoms with Crippen molar-refractivity contribution in [3.63, 3.8) is 0 Å². The fraction of sp³-hybridized carbons (Fsp3) is 0.588. The second kappa shape index (κ2) is 5.83. The van der Waals surface area contributed by atoms with Gasteiger partial charge in [0.2, 0.25) is 0 Å². The summed E-state index contributed by atoms with van der Waals surface area (Å²) in [4.78, 5) is 19.8. The van der Waals surface area contributed by atoms with Gasteiger partial charge in [-0.15, -0.1) is 0 Å². The highest BCUT2D eigenvalue weighted by atomic mass is 16.2. The largest absolute Gasteiger partial charge is 0.333 e. The molecule has 1 aliphatic carbocycles. The first kappa shape index (κ1) is 14.5. The number of rotatable bonds is 2.